The first-order chi connectivity index (χ1) is 6.72. The summed E-state index contributed by atoms with van der Waals surface area (Å²) in [5.41, 5.74) is 0. The molecule has 1 saturated heterocycles. The fourth-order valence-corrected chi connectivity index (χ4v) is 1.65. The highest BCUT2D eigenvalue weighted by Gasteiger charge is 2.17. The Hall–Kier alpha value is -0.610. The van der Waals surface area contributed by atoms with Gasteiger partial charge in [-0.3, -0.25) is 4.79 Å². The zero-order valence-electron chi connectivity index (χ0n) is 9.08. The van der Waals surface area contributed by atoms with Crippen LogP contribution in [0.15, 0.2) is 0 Å². The predicted molar refractivity (Wildman–Crippen MR) is 55.2 cm³/mol. The number of ether oxygens (including phenoxy) is 1. The zero-order valence-corrected chi connectivity index (χ0v) is 9.08. The van der Waals surface area contributed by atoms with E-state index in [2.05, 4.69) is 17.3 Å². The maximum Gasteiger partial charge on any atom is 0.222 e. The van der Waals surface area contributed by atoms with Crippen molar-refractivity contribution in [3.05, 3.63) is 0 Å². The molecule has 1 N–H and O–H groups in total. The fraction of sp³-hybridized carbons (Fsp3) is 0.900. The Bertz CT molecular complexity index is 177. The molecule has 0 aromatic carbocycles. The number of carbonyl (C=O) groups excluding carboxylic acids is 1. The zero-order chi connectivity index (χ0) is 10.4. The van der Waals surface area contributed by atoms with Gasteiger partial charge in [-0.15, -0.1) is 0 Å². The molecule has 0 bridgehead atoms. The summed E-state index contributed by atoms with van der Waals surface area (Å²) >= 11 is 0. The lowest BCUT2D eigenvalue weighted by Gasteiger charge is -2.29. The first-order valence-corrected chi connectivity index (χ1v) is 5.19. The molecule has 0 spiro atoms. The monoisotopic (exact) mass is 200 g/mol. The van der Waals surface area contributed by atoms with Crippen LogP contribution in [0, 0.1) is 0 Å². The first kappa shape index (κ1) is 11.5. The van der Waals surface area contributed by atoms with E-state index in [1.807, 2.05) is 0 Å². The fourth-order valence-electron chi connectivity index (χ4n) is 1.65. The second kappa shape index (κ2) is 5.98. The van der Waals surface area contributed by atoms with E-state index in [0.717, 1.165) is 25.9 Å². The Balaban J connectivity index is 2.14. The minimum atomic E-state index is 0.112. The molecule has 0 unspecified atom stereocenters. The highest BCUT2D eigenvalue weighted by Crippen LogP contribution is 2.07. The summed E-state index contributed by atoms with van der Waals surface area (Å²) < 4.78 is 4.85. The van der Waals surface area contributed by atoms with Gasteiger partial charge in [-0.1, -0.05) is 0 Å². The number of piperidine rings is 1. The standard InChI is InChI=1S/C10H20N2O2/c1-12-6-3-9(4-7-12)11-10(13)5-8-14-2/h9H,3-8H2,1-2H3,(H,11,13). The van der Waals surface area contributed by atoms with Gasteiger partial charge in [0.2, 0.25) is 5.91 Å². The van der Waals surface area contributed by atoms with Crippen LogP contribution >= 0.6 is 0 Å². The molecule has 1 aliphatic heterocycles. The van der Waals surface area contributed by atoms with E-state index in [1.165, 1.54) is 0 Å². The summed E-state index contributed by atoms with van der Waals surface area (Å²) in [6, 6.07) is 0.371. The summed E-state index contributed by atoms with van der Waals surface area (Å²) in [5, 5.41) is 3.03. The van der Waals surface area contributed by atoms with Crippen molar-refractivity contribution in [1.82, 2.24) is 10.2 Å². The number of likely N-dealkylation sites (tertiary alicyclic amines) is 1. The van der Waals surface area contributed by atoms with E-state index in [-0.39, 0.29) is 5.91 Å². The number of carbonyl (C=O) groups is 1. The molecule has 1 aliphatic rings. The van der Waals surface area contributed by atoms with Crippen LogP contribution in [0.3, 0.4) is 0 Å². The van der Waals surface area contributed by atoms with Crippen molar-refractivity contribution in [1.29, 1.82) is 0 Å². The lowest BCUT2D eigenvalue weighted by molar-refractivity contribution is -0.122. The SMILES string of the molecule is COCCC(=O)NC1CCN(C)CC1. The lowest BCUT2D eigenvalue weighted by atomic mass is 10.1. The molecule has 1 amide bonds. The van der Waals surface area contributed by atoms with E-state index in [9.17, 15) is 4.79 Å². The second-order valence-electron chi connectivity index (χ2n) is 3.89. The Kier molecular flexibility index (Phi) is 4.90. The summed E-state index contributed by atoms with van der Waals surface area (Å²) in [5.74, 6) is 0.112. The number of hydrogen-bond donors (Lipinski definition) is 1. The third-order valence-electron chi connectivity index (χ3n) is 2.62. The van der Waals surface area contributed by atoms with Crippen molar-refractivity contribution < 1.29 is 9.53 Å². The smallest absolute Gasteiger partial charge is 0.222 e. The van der Waals surface area contributed by atoms with Crippen LogP contribution in [0.25, 0.3) is 0 Å². The molecule has 0 aliphatic carbocycles. The third-order valence-corrected chi connectivity index (χ3v) is 2.62. The van der Waals surface area contributed by atoms with Gasteiger partial charge in [-0.25, -0.2) is 0 Å². The average Bonchev–Trinajstić information content (AvgIpc) is 2.18. The number of hydrogen-bond acceptors (Lipinski definition) is 3. The van der Waals surface area contributed by atoms with E-state index < -0.39 is 0 Å². The maximum atomic E-state index is 11.3. The molecular formula is C10H20N2O2. The minimum absolute atomic E-state index is 0.112. The highest BCUT2D eigenvalue weighted by molar-refractivity contribution is 5.76. The van der Waals surface area contributed by atoms with Crippen LogP contribution in [0.1, 0.15) is 19.3 Å². The molecule has 1 fully saturated rings. The Morgan fingerprint density at radius 2 is 2.14 bits per heavy atom. The Morgan fingerprint density at radius 3 is 2.71 bits per heavy atom. The average molecular weight is 200 g/mol. The van der Waals surface area contributed by atoms with Crippen molar-refractivity contribution in [3.8, 4) is 0 Å². The molecule has 1 heterocycles. The largest absolute Gasteiger partial charge is 0.384 e. The van der Waals surface area contributed by atoms with Gasteiger partial charge in [-0.2, -0.15) is 0 Å². The quantitative estimate of drug-likeness (QED) is 0.706. The van der Waals surface area contributed by atoms with Gasteiger partial charge < -0.3 is 15.0 Å². The minimum Gasteiger partial charge on any atom is -0.384 e. The van der Waals surface area contributed by atoms with Crippen LogP contribution in [-0.4, -0.2) is 50.7 Å². The predicted octanol–water partition coefficient (Wildman–Crippen LogP) is 0.233. The third kappa shape index (κ3) is 4.07. The number of amides is 1. The molecule has 4 heteroatoms. The molecular weight excluding hydrogens is 180 g/mol. The summed E-state index contributed by atoms with van der Waals surface area (Å²) in [7, 11) is 3.73. The van der Waals surface area contributed by atoms with Gasteiger partial charge >= 0.3 is 0 Å². The molecule has 0 atom stereocenters. The van der Waals surface area contributed by atoms with Gasteiger partial charge in [0.15, 0.2) is 0 Å². The molecule has 0 radical (unpaired) electrons. The summed E-state index contributed by atoms with van der Waals surface area (Å²) in [4.78, 5) is 13.6. The van der Waals surface area contributed by atoms with Crippen LogP contribution < -0.4 is 5.32 Å². The van der Waals surface area contributed by atoms with Crippen molar-refractivity contribution >= 4 is 5.91 Å². The molecule has 82 valence electrons. The number of nitrogens with one attached hydrogen (secondary N) is 1. The van der Waals surface area contributed by atoms with Crippen molar-refractivity contribution in [2.75, 3.05) is 33.9 Å². The molecule has 4 nitrogen and oxygen atoms in total. The molecule has 1 rings (SSSR count). The topological polar surface area (TPSA) is 41.6 Å². The Labute approximate surface area is 85.6 Å². The van der Waals surface area contributed by atoms with Crippen LogP contribution in [0.4, 0.5) is 0 Å². The first-order valence-electron chi connectivity index (χ1n) is 5.19. The highest BCUT2D eigenvalue weighted by atomic mass is 16.5. The normalized spacial score (nSPS) is 19.6. The van der Waals surface area contributed by atoms with E-state index in [4.69, 9.17) is 4.74 Å². The van der Waals surface area contributed by atoms with Gasteiger partial charge in [0.25, 0.3) is 0 Å². The van der Waals surface area contributed by atoms with Crippen LogP contribution in [0.5, 0.6) is 0 Å². The molecule has 14 heavy (non-hydrogen) atoms. The van der Waals surface area contributed by atoms with Crippen molar-refractivity contribution in [2.24, 2.45) is 0 Å². The Morgan fingerprint density at radius 1 is 1.50 bits per heavy atom. The van der Waals surface area contributed by atoms with E-state index >= 15 is 0 Å². The van der Waals surface area contributed by atoms with E-state index in [0.29, 0.717) is 19.1 Å². The van der Waals surface area contributed by atoms with Crippen LogP contribution in [0.2, 0.25) is 0 Å². The second-order valence-corrected chi connectivity index (χ2v) is 3.89. The van der Waals surface area contributed by atoms with Gasteiger partial charge in [0, 0.05) is 19.6 Å². The number of methoxy groups -OCH3 is 1. The molecule has 0 aromatic rings. The molecule has 0 aromatic heterocycles. The van der Waals surface area contributed by atoms with Crippen molar-refractivity contribution in [2.45, 2.75) is 25.3 Å². The van der Waals surface area contributed by atoms with E-state index in [1.54, 1.807) is 7.11 Å². The van der Waals surface area contributed by atoms with Crippen molar-refractivity contribution in [3.63, 3.8) is 0 Å². The van der Waals surface area contributed by atoms with Gasteiger partial charge in [0.05, 0.1) is 6.61 Å². The van der Waals surface area contributed by atoms with Crippen LogP contribution in [-0.2, 0) is 9.53 Å². The summed E-state index contributed by atoms with van der Waals surface area (Å²) in [6.07, 6.45) is 2.60. The maximum absolute atomic E-state index is 11.3. The molecule has 0 saturated carbocycles. The number of nitrogens with zero attached hydrogens (tertiary/aromatic N) is 1. The lowest BCUT2D eigenvalue weighted by Crippen LogP contribution is -2.43. The van der Waals surface area contributed by atoms with Gasteiger partial charge in [-0.05, 0) is 33.0 Å². The number of rotatable bonds is 4. The van der Waals surface area contributed by atoms with Gasteiger partial charge in [0.1, 0.15) is 0 Å². The summed E-state index contributed by atoms with van der Waals surface area (Å²) in [6.45, 7) is 2.67.